The molecule has 0 aliphatic carbocycles. The van der Waals surface area contributed by atoms with Crippen LogP contribution in [0.5, 0.6) is 5.75 Å². The van der Waals surface area contributed by atoms with Gasteiger partial charge in [-0.15, -0.1) is 0 Å². The molecule has 0 aromatic heterocycles. The average Bonchev–Trinajstić information content (AvgIpc) is 2.61. The van der Waals surface area contributed by atoms with Gasteiger partial charge in [-0.3, -0.25) is 4.55 Å². The van der Waals surface area contributed by atoms with Crippen LogP contribution in [-0.2, 0) is 26.3 Å². The minimum Gasteiger partial charge on any atom is -0.457 e. The van der Waals surface area contributed by atoms with Crippen molar-refractivity contribution in [3.05, 3.63) is 69.1 Å². The minimum atomic E-state index is -4.41. The SMILES string of the molecule is C=C(C)C(=O)OCc1cc(I)cc(F)c1OC(=O)c1ccc(S(=O)(=O)O)cc1. The Labute approximate surface area is 174 Å². The molecule has 7 nitrogen and oxygen atoms in total. The van der Waals surface area contributed by atoms with Crippen molar-refractivity contribution in [2.45, 2.75) is 18.4 Å². The highest BCUT2D eigenvalue weighted by molar-refractivity contribution is 14.1. The maximum atomic E-state index is 14.3. The smallest absolute Gasteiger partial charge is 0.343 e. The molecule has 148 valence electrons. The number of hydrogen-bond acceptors (Lipinski definition) is 6. The predicted octanol–water partition coefficient (Wildman–Crippen LogP) is 3.52. The summed E-state index contributed by atoms with van der Waals surface area (Å²) >= 11 is 1.86. The largest absolute Gasteiger partial charge is 0.457 e. The van der Waals surface area contributed by atoms with Gasteiger partial charge in [0.15, 0.2) is 11.6 Å². The number of carbonyl (C=O) groups is 2. The fourth-order valence-corrected chi connectivity index (χ4v) is 3.15. The van der Waals surface area contributed by atoms with Gasteiger partial charge in [0.25, 0.3) is 10.1 Å². The van der Waals surface area contributed by atoms with Gasteiger partial charge < -0.3 is 9.47 Å². The van der Waals surface area contributed by atoms with Gasteiger partial charge in [0.2, 0.25) is 0 Å². The molecule has 0 saturated carbocycles. The van der Waals surface area contributed by atoms with Crippen LogP contribution >= 0.6 is 22.6 Å². The molecule has 0 unspecified atom stereocenters. The standard InChI is InChI=1S/C18H14FIO7S/c1-10(2)17(21)26-9-12-7-13(20)8-15(19)16(12)27-18(22)11-3-5-14(6-4-11)28(23,24)25/h3-8H,1,9H2,2H3,(H,23,24,25). The summed E-state index contributed by atoms with van der Waals surface area (Å²) in [7, 11) is -4.41. The molecule has 0 atom stereocenters. The van der Waals surface area contributed by atoms with Crippen LogP contribution in [0.2, 0.25) is 0 Å². The second-order valence-corrected chi connectivity index (χ2v) is 8.29. The van der Waals surface area contributed by atoms with Crippen molar-refractivity contribution in [3.8, 4) is 5.75 Å². The molecule has 2 rings (SSSR count). The number of esters is 2. The summed E-state index contributed by atoms with van der Waals surface area (Å²) in [6.07, 6.45) is 0. The maximum absolute atomic E-state index is 14.3. The van der Waals surface area contributed by atoms with Crippen LogP contribution in [0.25, 0.3) is 0 Å². The van der Waals surface area contributed by atoms with Crippen LogP contribution in [0, 0.1) is 9.39 Å². The Hall–Kier alpha value is -2.31. The summed E-state index contributed by atoms with van der Waals surface area (Å²) in [6, 6.07) is 6.85. The Morgan fingerprint density at radius 1 is 1.21 bits per heavy atom. The van der Waals surface area contributed by atoms with E-state index in [1.54, 1.807) is 0 Å². The average molecular weight is 520 g/mol. The predicted molar refractivity (Wildman–Crippen MR) is 105 cm³/mol. The number of ether oxygens (including phenoxy) is 2. The first-order valence-corrected chi connectivity index (χ1v) is 10.1. The molecule has 1 N–H and O–H groups in total. The first-order chi connectivity index (χ1) is 13.0. The van der Waals surface area contributed by atoms with Gasteiger partial charge in [0.05, 0.1) is 10.5 Å². The van der Waals surface area contributed by atoms with E-state index in [2.05, 4.69) is 6.58 Å². The molecule has 0 aliphatic heterocycles. The molecule has 0 heterocycles. The lowest BCUT2D eigenvalue weighted by Crippen LogP contribution is -2.13. The molecular weight excluding hydrogens is 506 g/mol. The first kappa shape index (κ1) is 22.0. The topological polar surface area (TPSA) is 107 Å². The van der Waals surface area contributed by atoms with Crippen molar-refractivity contribution in [1.29, 1.82) is 0 Å². The fourth-order valence-electron chi connectivity index (χ4n) is 2.02. The maximum Gasteiger partial charge on any atom is 0.343 e. The summed E-state index contributed by atoms with van der Waals surface area (Å²) in [5.41, 5.74) is 0.209. The normalized spacial score (nSPS) is 11.0. The van der Waals surface area contributed by atoms with Crippen molar-refractivity contribution in [3.63, 3.8) is 0 Å². The zero-order chi connectivity index (χ0) is 21.1. The lowest BCUT2D eigenvalue weighted by atomic mass is 10.2. The first-order valence-electron chi connectivity index (χ1n) is 7.59. The van der Waals surface area contributed by atoms with Crippen LogP contribution in [0.4, 0.5) is 4.39 Å². The zero-order valence-corrected chi connectivity index (χ0v) is 17.4. The molecule has 0 spiro atoms. The molecule has 0 saturated heterocycles. The monoisotopic (exact) mass is 520 g/mol. The van der Waals surface area contributed by atoms with Crippen molar-refractivity contribution in [2.75, 3.05) is 0 Å². The lowest BCUT2D eigenvalue weighted by molar-refractivity contribution is -0.140. The van der Waals surface area contributed by atoms with Crippen molar-refractivity contribution >= 4 is 44.6 Å². The highest BCUT2D eigenvalue weighted by Crippen LogP contribution is 2.28. The van der Waals surface area contributed by atoms with Crippen LogP contribution in [0.15, 0.2) is 53.4 Å². The zero-order valence-electron chi connectivity index (χ0n) is 14.4. The molecule has 28 heavy (non-hydrogen) atoms. The van der Waals surface area contributed by atoms with E-state index in [0.29, 0.717) is 3.57 Å². The summed E-state index contributed by atoms with van der Waals surface area (Å²) in [5, 5.41) is 0. The molecule has 2 aromatic carbocycles. The molecular formula is C18H14FIO7S. The second kappa shape index (κ2) is 8.80. The van der Waals surface area contributed by atoms with E-state index < -0.39 is 38.5 Å². The third-order valence-electron chi connectivity index (χ3n) is 3.38. The van der Waals surface area contributed by atoms with Crippen LogP contribution in [-0.4, -0.2) is 24.9 Å². The highest BCUT2D eigenvalue weighted by atomic mass is 127. The van der Waals surface area contributed by atoms with Gasteiger partial charge >= 0.3 is 11.9 Å². The van der Waals surface area contributed by atoms with Crippen LogP contribution in [0.3, 0.4) is 0 Å². The number of hydrogen-bond donors (Lipinski definition) is 1. The Morgan fingerprint density at radius 2 is 1.82 bits per heavy atom. The summed E-state index contributed by atoms with van der Waals surface area (Å²) in [5.74, 6) is -2.90. The third kappa shape index (κ3) is 5.59. The lowest BCUT2D eigenvalue weighted by Gasteiger charge is -2.12. The van der Waals surface area contributed by atoms with E-state index in [1.807, 2.05) is 22.6 Å². The van der Waals surface area contributed by atoms with Gasteiger partial charge in [0.1, 0.15) is 6.61 Å². The molecule has 0 fully saturated rings. The summed E-state index contributed by atoms with van der Waals surface area (Å²) < 4.78 is 55.9. The quantitative estimate of drug-likeness (QED) is 0.204. The Kier molecular flexibility index (Phi) is 6.91. The molecule has 0 amide bonds. The Bertz CT molecular complexity index is 1050. The van der Waals surface area contributed by atoms with E-state index in [1.165, 1.54) is 13.0 Å². The molecule has 0 aliphatic rings. The van der Waals surface area contributed by atoms with E-state index in [9.17, 15) is 22.4 Å². The highest BCUT2D eigenvalue weighted by Gasteiger charge is 2.19. The summed E-state index contributed by atoms with van der Waals surface area (Å²) in [4.78, 5) is 23.4. The number of rotatable bonds is 6. The number of carbonyl (C=O) groups excluding carboxylic acids is 2. The molecule has 2 aromatic rings. The molecule has 10 heteroatoms. The summed E-state index contributed by atoms with van der Waals surface area (Å²) in [6.45, 7) is 4.55. The molecule has 0 radical (unpaired) electrons. The van der Waals surface area contributed by atoms with Gasteiger partial charge in [-0.2, -0.15) is 8.42 Å². The second-order valence-electron chi connectivity index (χ2n) is 5.62. The van der Waals surface area contributed by atoms with Gasteiger partial charge in [-0.25, -0.2) is 14.0 Å². The van der Waals surface area contributed by atoms with Gasteiger partial charge in [-0.1, -0.05) is 6.58 Å². The third-order valence-corrected chi connectivity index (χ3v) is 4.87. The number of halogens is 2. The molecule has 0 bridgehead atoms. The minimum absolute atomic E-state index is 0.0739. The van der Waals surface area contributed by atoms with Crippen molar-refractivity contribution in [1.82, 2.24) is 0 Å². The Morgan fingerprint density at radius 3 is 2.36 bits per heavy atom. The van der Waals surface area contributed by atoms with Crippen molar-refractivity contribution in [2.24, 2.45) is 0 Å². The van der Waals surface area contributed by atoms with Crippen LogP contribution < -0.4 is 4.74 Å². The van der Waals surface area contributed by atoms with Crippen LogP contribution in [0.1, 0.15) is 22.8 Å². The van der Waals surface area contributed by atoms with Gasteiger partial charge in [0, 0.05) is 14.7 Å². The van der Waals surface area contributed by atoms with Gasteiger partial charge in [-0.05, 0) is 65.9 Å². The van der Waals surface area contributed by atoms with E-state index >= 15 is 0 Å². The number of benzene rings is 2. The van der Waals surface area contributed by atoms with E-state index in [-0.39, 0.29) is 23.3 Å². The van der Waals surface area contributed by atoms with E-state index in [4.69, 9.17) is 14.0 Å². The fraction of sp³-hybridized carbons (Fsp3) is 0.111. The van der Waals surface area contributed by atoms with E-state index in [0.717, 1.165) is 30.3 Å². The Balaban J connectivity index is 2.28. The van der Waals surface area contributed by atoms with Crippen molar-refractivity contribution < 1.29 is 36.4 Å².